The Bertz CT molecular complexity index is 802. The van der Waals surface area contributed by atoms with E-state index in [4.69, 9.17) is 14.2 Å². The van der Waals surface area contributed by atoms with Crippen LogP contribution in [0.1, 0.15) is 30.9 Å². The molecule has 2 aromatic rings. The van der Waals surface area contributed by atoms with E-state index in [2.05, 4.69) is 11.4 Å². The topological polar surface area (TPSA) is 56.8 Å². The first-order valence-electron chi connectivity index (χ1n) is 8.68. The Morgan fingerprint density at radius 3 is 2.88 bits per heavy atom. The second-order valence-corrected chi connectivity index (χ2v) is 6.42. The summed E-state index contributed by atoms with van der Waals surface area (Å²) in [5.41, 5.74) is 3.25. The van der Waals surface area contributed by atoms with E-state index in [0.29, 0.717) is 17.2 Å². The number of hydrogen-bond acceptors (Lipinski definition) is 4. The lowest BCUT2D eigenvalue weighted by atomic mass is 9.91. The minimum Gasteiger partial charge on any atom is -0.481 e. The van der Waals surface area contributed by atoms with Gasteiger partial charge in [0.05, 0.1) is 0 Å². The third kappa shape index (κ3) is 3.27. The fourth-order valence-electron chi connectivity index (χ4n) is 3.32. The molecule has 0 saturated carbocycles. The zero-order valence-electron chi connectivity index (χ0n) is 14.2. The molecule has 5 nitrogen and oxygen atoms in total. The minimum absolute atomic E-state index is 0.188. The van der Waals surface area contributed by atoms with Gasteiger partial charge in [-0.25, -0.2) is 0 Å². The van der Waals surface area contributed by atoms with Crippen molar-refractivity contribution in [2.45, 2.75) is 38.7 Å². The molecule has 25 heavy (non-hydrogen) atoms. The Balaban J connectivity index is 1.44. The average molecular weight is 339 g/mol. The van der Waals surface area contributed by atoms with Crippen molar-refractivity contribution in [3.05, 3.63) is 47.5 Å². The SMILES string of the molecule is C[C@@H](Oc1cccc2c1CCCC2)C(=O)Nc1ccc2c(c1)OCO2. The molecule has 1 aliphatic carbocycles. The van der Waals surface area contributed by atoms with Crippen LogP contribution in [-0.2, 0) is 17.6 Å². The van der Waals surface area contributed by atoms with Gasteiger partial charge in [-0.1, -0.05) is 12.1 Å². The number of carbonyl (C=O) groups is 1. The summed E-state index contributed by atoms with van der Waals surface area (Å²) < 4.78 is 16.6. The van der Waals surface area contributed by atoms with Crippen LogP contribution < -0.4 is 19.5 Å². The van der Waals surface area contributed by atoms with Crippen molar-refractivity contribution in [2.75, 3.05) is 12.1 Å². The van der Waals surface area contributed by atoms with Crippen molar-refractivity contribution in [3.63, 3.8) is 0 Å². The lowest BCUT2D eigenvalue weighted by Gasteiger charge is -2.22. The number of ether oxygens (including phenoxy) is 3. The van der Waals surface area contributed by atoms with Crippen LogP contribution in [0.2, 0.25) is 0 Å². The van der Waals surface area contributed by atoms with Crippen LogP contribution in [0.4, 0.5) is 5.69 Å². The number of rotatable bonds is 4. The number of aryl methyl sites for hydroxylation is 1. The fourth-order valence-corrected chi connectivity index (χ4v) is 3.32. The number of carbonyl (C=O) groups excluding carboxylic acids is 1. The van der Waals surface area contributed by atoms with Gasteiger partial charge in [-0.3, -0.25) is 4.79 Å². The highest BCUT2D eigenvalue weighted by Crippen LogP contribution is 2.34. The van der Waals surface area contributed by atoms with E-state index in [1.54, 1.807) is 25.1 Å². The van der Waals surface area contributed by atoms with Crippen LogP contribution in [0.25, 0.3) is 0 Å². The molecule has 0 radical (unpaired) electrons. The van der Waals surface area contributed by atoms with E-state index in [0.717, 1.165) is 18.6 Å². The van der Waals surface area contributed by atoms with Crippen molar-refractivity contribution in [1.82, 2.24) is 0 Å². The molecule has 0 unspecified atom stereocenters. The van der Waals surface area contributed by atoms with Gasteiger partial charge in [0.15, 0.2) is 17.6 Å². The van der Waals surface area contributed by atoms with Crippen LogP contribution in [-0.4, -0.2) is 18.8 Å². The largest absolute Gasteiger partial charge is 0.481 e. The summed E-state index contributed by atoms with van der Waals surface area (Å²) in [5.74, 6) is 1.97. The Hall–Kier alpha value is -2.69. The maximum absolute atomic E-state index is 12.5. The van der Waals surface area contributed by atoms with Gasteiger partial charge in [-0.2, -0.15) is 0 Å². The Morgan fingerprint density at radius 2 is 1.96 bits per heavy atom. The summed E-state index contributed by atoms with van der Waals surface area (Å²) in [6.45, 7) is 1.98. The molecular formula is C20H21NO4. The predicted molar refractivity (Wildman–Crippen MR) is 94.4 cm³/mol. The second kappa shape index (κ2) is 6.67. The normalized spacial score (nSPS) is 16.0. The van der Waals surface area contributed by atoms with Crippen molar-refractivity contribution in [1.29, 1.82) is 0 Å². The first-order chi connectivity index (χ1) is 12.2. The molecular weight excluding hydrogens is 318 g/mol. The Kier molecular flexibility index (Phi) is 4.22. The van der Waals surface area contributed by atoms with Gasteiger partial charge < -0.3 is 19.5 Å². The van der Waals surface area contributed by atoms with Gasteiger partial charge in [0.2, 0.25) is 6.79 Å². The number of nitrogens with one attached hydrogen (secondary N) is 1. The highest BCUT2D eigenvalue weighted by atomic mass is 16.7. The third-order valence-corrected chi connectivity index (χ3v) is 4.67. The molecule has 2 aliphatic rings. The predicted octanol–water partition coefficient (Wildman–Crippen LogP) is 3.70. The lowest BCUT2D eigenvalue weighted by Crippen LogP contribution is -2.30. The van der Waals surface area contributed by atoms with Crippen molar-refractivity contribution in [3.8, 4) is 17.2 Å². The van der Waals surface area contributed by atoms with Crippen molar-refractivity contribution < 1.29 is 19.0 Å². The van der Waals surface area contributed by atoms with Crippen LogP contribution >= 0.6 is 0 Å². The molecule has 0 bridgehead atoms. The summed E-state index contributed by atoms with van der Waals surface area (Å²) >= 11 is 0. The van der Waals surface area contributed by atoms with Crippen molar-refractivity contribution in [2.24, 2.45) is 0 Å². The van der Waals surface area contributed by atoms with Gasteiger partial charge in [0.25, 0.3) is 5.91 Å². The number of anilines is 1. The number of amides is 1. The number of fused-ring (bicyclic) bond motifs is 2. The smallest absolute Gasteiger partial charge is 0.265 e. The van der Waals surface area contributed by atoms with E-state index in [1.165, 1.54) is 24.0 Å². The zero-order valence-corrected chi connectivity index (χ0v) is 14.2. The highest BCUT2D eigenvalue weighted by molar-refractivity contribution is 5.94. The van der Waals surface area contributed by atoms with E-state index >= 15 is 0 Å². The van der Waals surface area contributed by atoms with Crippen LogP contribution in [0.5, 0.6) is 17.2 Å². The second-order valence-electron chi connectivity index (χ2n) is 6.42. The van der Waals surface area contributed by atoms with Crippen LogP contribution in [0.15, 0.2) is 36.4 Å². The molecule has 2 aromatic carbocycles. The molecule has 4 rings (SSSR count). The van der Waals surface area contributed by atoms with E-state index in [1.807, 2.05) is 12.1 Å². The monoisotopic (exact) mass is 339 g/mol. The number of hydrogen-bond donors (Lipinski definition) is 1. The molecule has 5 heteroatoms. The third-order valence-electron chi connectivity index (χ3n) is 4.67. The van der Waals surface area contributed by atoms with E-state index in [-0.39, 0.29) is 12.7 Å². The van der Waals surface area contributed by atoms with Crippen LogP contribution in [0.3, 0.4) is 0 Å². The van der Waals surface area contributed by atoms with Gasteiger partial charge in [-0.05, 0) is 61.9 Å². The quantitative estimate of drug-likeness (QED) is 0.923. The van der Waals surface area contributed by atoms with Gasteiger partial charge in [0, 0.05) is 11.8 Å². The summed E-state index contributed by atoms with van der Waals surface area (Å²) in [5, 5.41) is 2.87. The molecule has 0 aromatic heterocycles. The summed E-state index contributed by atoms with van der Waals surface area (Å²) in [6.07, 6.45) is 3.91. The minimum atomic E-state index is -0.584. The summed E-state index contributed by atoms with van der Waals surface area (Å²) in [7, 11) is 0. The van der Waals surface area contributed by atoms with Crippen LogP contribution in [0, 0.1) is 0 Å². The molecule has 0 spiro atoms. The van der Waals surface area contributed by atoms with Crippen molar-refractivity contribution >= 4 is 11.6 Å². The highest BCUT2D eigenvalue weighted by Gasteiger charge is 2.20. The maximum atomic E-state index is 12.5. The van der Waals surface area contributed by atoms with E-state index in [9.17, 15) is 4.79 Å². The Morgan fingerprint density at radius 1 is 1.12 bits per heavy atom. The van der Waals surface area contributed by atoms with E-state index < -0.39 is 6.10 Å². The standard InChI is InChI=1S/C20H21NO4/c1-13(25-17-8-4-6-14-5-2-3-7-16(14)17)20(22)21-15-9-10-18-19(11-15)24-12-23-18/h4,6,8-11,13H,2-3,5,7,12H2,1H3,(H,21,22)/t13-/m1/s1. The molecule has 1 atom stereocenters. The Labute approximate surface area is 146 Å². The number of benzene rings is 2. The first-order valence-corrected chi connectivity index (χ1v) is 8.68. The summed E-state index contributed by atoms with van der Waals surface area (Å²) in [4.78, 5) is 12.5. The molecule has 1 heterocycles. The lowest BCUT2D eigenvalue weighted by molar-refractivity contribution is -0.122. The molecule has 0 fully saturated rings. The van der Waals surface area contributed by atoms with Gasteiger partial charge in [-0.15, -0.1) is 0 Å². The summed E-state index contributed by atoms with van der Waals surface area (Å²) in [6, 6.07) is 11.5. The molecule has 1 aliphatic heterocycles. The van der Waals surface area contributed by atoms with Gasteiger partial charge >= 0.3 is 0 Å². The fraction of sp³-hybridized carbons (Fsp3) is 0.350. The first kappa shape index (κ1) is 15.8. The maximum Gasteiger partial charge on any atom is 0.265 e. The average Bonchev–Trinajstić information content (AvgIpc) is 3.10. The molecule has 1 amide bonds. The zero-order chi connectivity index (χ0) is 17.2. The molecule has 1 N–H and O–H groups in total. The molecule has 0 saturated heterocycles. The van der Waals surface area contributed by atoms with Gasteiger partial charge in [0.1, 0.15) is 5.75 Å². The molecule has 130 valence electrons.